The van der Waals surface area contributed by atoms with Gasteiger partial charge in [0.2, 0.25) is 5.91 Å². The number of methoxy groups -OCH3 is 2. The number of halogens is 1. The summed E-state index contributed by atoms with van der Waals surface area (Å²) in [5.41, 5.74) is 1.09. The minimum atomic E-state index is 0.0528. The van der Waals surface area contributed by atoms with Gasteiger partial charge in [0.15, 0.2) is 0 Å². The highest BCUT2D eigenvalue weighted by Gasteiger charge is 2.20. The highest BCUT2D eigenvalue weighted by molar-refractivity contribution is 6.30. The predicted molar refractivity (Wildman–Crippen MR) is 94.6 cm³/mol. The third-order valence-electron chi connectivity index (χ3n) is 4.10. The first-order valence-electron chi connectivity index (χ1n) is 8.15. The van der Waals surface area contributed by atoms with Crippen LogP contribution in [-0.4, -0.2) is 75.8 Å². The van der Waals surface area contributed by atoms with Gasteiger partial charge in [0.25, 0.3) is 0 Å². The molecule has 24 heavy (non-hydrogen) atoms. The van der Waals surface area contributed by atoms with Crippen molar-refractivity contribution in [2.75, 3.05) is 60.1 Å². The molecule has 2 rings (SSSR count). The second-order valence-corrected chi connectivity index (χ2v) is 6.29. The van der Waals surface area contributed by atoms with Crippen LogP contribution in [0.2, 0.25) is 5.02 Å². The molecule has 134 valence electrons. The lowest BCUT2D eigenvalue weighted by atomic mass is 10.1. The molecule has 0 spiro atoms. The summed E-state index contributed by atoms with van der Waals surface area (Å²) in [6.45, 7) is 5.93. The Kier molecular flexibility index (Phi) is 7.78. The molecule has 0 unspecified atom stereocenters. The predicted octanol–water partition coefficient (Wildman–Crippen LogP) is 1.23. The molecule has 0 saturated carbocycles. The molecule has 1 aromatic carbocycles. The van der Waals surface area contributed by atoms with Crippen LogP contribution in [-0.2, 0) is 16.1 Å². The molecular weight excluding hydrogens is 330 g/mol. The topological polar surface area (TPSA) is 54.0 Å². The number of amides is 1. The molecule has 1 aromatic rings. The maximum Gasteiger partial charge on any atom is 0.234 e. The Bertz CT molecular complexity index is 534. The lowest BCUT2D eigenvalue weighted by Gasteiger charge is -2.34. The molecule has 1 N–H and O–H groups in total. The van der Waals surface area contributed by atoms with E-state index in [2.05, 4.69) is 15.1 Å². The van der Waals surface area contributed by atoms with Crippen LogP contribution in [0.25, 0.3) is 0 Å². The van der Waals surface area contributed by atoms with Crippen LogP contribution in [0.1, 0.15) is 5.56 Å². The monoisotopic (exact) mass is 355 g/mol. The van der Waals surface area contributed by atoms with Crippen molar-refractivity contribution in [3.05, 3.63) is 28.8 Å². The van der Waals surface area contributed by atoms with Gasteiger partial charge in [-0.15, -0.1) is 0 Å². The molecule has 0 atom stereocenters. The van der Waals surface area contributed by atoms with E-state index >= 15 is 0 Å². The third kappa shape index (κ3) is 5.94. The van der Waals surface area contributed by atoms with E-state index in [9.17, 15) is 4.79 Å². The number of hydrogen-bond acceptors (Lipinski definition) is 5. The number of carbonyl (C=O) groups excluding carboxylic acids is 1. The average molecular weight is 356 g/mol. The van der Waals surface area contributed by atoms with E-state index in [1.54, 1.807) is 14.2 Å². The maximum absolute atomic E-state index is 11.8. The molecule has 1 aliphatic heterocycles. The highest BCUT2D eigenvalue weighted by Crippen LogP contribution is 2.24. The van der Waals surface area contributed by atoms with Crippen molar-refractivity contribution >= 4 is 17.5 Å². The molecule has 0 aromatic heterocycles. The molecule has 1 aliphatic rings. The lowest BCUT2D eigenvalue weighted by molar-refractivity contribution is -0.122. The van der Waals surface area contributed by atoms with Gasteiger partial charge < -0.3 is 14.8 Å². The van der Waals surface area contributed by atoms with E-state index < -0.39 is 0 Å². The summed E-state index contributed by atoms with van der Waals surface area (Å²) in [4.78, 5) is 16.4. The SMILES string of the molecule is COCCNC(=O)CN1CCN(Cc2cc(Cl)ccc2OC)CC1. The van der Waals surface area contributed by atoms with Crippen LogP contribution in [0.4, 0.5) is 0 Å². The summed E-state index contributed by atoms with van der Waals surface area (Å²) < 4.78 is 10.3. The van der Waals surface area contributed by atoms with Gasteiger partial charge in [0.1, 0.15) is 5.75 Å². The first-order valence-corrected chi connectivity index (χ1v) is 8.53. The zero-order valence-corrected chi connectivity index (χ0v) is 15.1. The van der Waals surface area contributed by atoms with E-state index in [-0.39, 0.29) is 5.91 Å². The fourth-order valence-electron chi connectivity index (χ4n) is 2.77. The van der Waals surface area contributed by atoms with Crippen molar-refractivity contribution in [1.29, 1.82) is 0 Å². The Morgan fingerprint density at radius 2 is 1.92 bits per heavy atom. The maximum atomic E-state index is 11.8. The van der Waals surface area contributed by atoms with E-state index in [1.807, 2.05) is 18.2 Å². The minimum Gasteiger partial charge on any atom is -0.496 e. The summed E-state index contributed by atoms with van der Waals surface area (Å²) >= 11 is 6.09. The van der Waals surface area contributed by atoms with Gasteiger partial charge in [-0.3, -0.25) is 14.6 Å². The second-order valence-electron chi connectivity index (χ2n) is 5.85. The van der Waals surface area contributed by atoms with Crippen molar-refractivity contribution in [1.82, 2.24) is 15.1 Å². The summed E-state index contributed by atoms with van der Waals surface area (Å²) in [6.07, 6.45) is 0. The number of carbonyl (C=O) groups is 1. The molecule has 1 heterocycles. The van der Waals surface area contributed by atoms with Gasteiger partial charge in [-0.25, -0.2) is 0 Å². The van der Waals surface area contributed by atoms with Crippen molar-refractivity contribution in [2.24, 2.45) is 0 Å². The molecular formula is C17H26ClN3O3. The van der Waals surface area contributed by atoms with Gasteiger partial charge in [-0.2, -0.15) is 0 Å². The molecule has 0 radical (unpaired) electrons. The molecule has 0 aliphatic carbocycles. The normalized spacial score (nSPS) is 16.1. The van der Waals surface area contributed by atoms with E-state index in [1.165, 1.54) is 0 Å². The van der Waals surface area contributed by atoms with E-state index in [0.29, 0.717) is 19.7 Å². The summed E-state index contributed by atoms with van der Waals surface area (Å²) in [5, 5.41) is 3.57. The molecule has 1 saturated heterocycles. The molecule has 0 bridgehead atoms. The molecule has 1 fully saturated rings. The van der Waals surface area contributed by atoms with Crippen LogP contribution in [0.15, 0.2) is 18.2 Å². The van der Waals surface area contributed by atoms with Gasteiger partial charge in [0.05, 0.1) is 20.3 Å². The van der Waals surface area contributed by atoms with Crippen LogP contribution < -0.4 is 10.1 Å². The minimum absolute atomic E-state index is 0.0528. The Morgan fingerprint density at radius 1 is 1.21 bits per heavy atom. The number of hydrogen-bond donors (Lipinski definition) is 1. The Balaban J connectivity index is 1.77. The number of benzene rings is 1. The van der Waals surface area contributed by atoms with Crippen LogP contribution in [0, 0.1) is 0 Å². The zero-order chi connectivity index (χ0) is 17.4. The summed E-state index contributed by atoms with van der Waals surface area (Å²) in [5.74, 6) is 0.913. The van der Waals surface area contributed by atoms with Gasteiger partial charge >= 0.3 is 0 Å². The standard InChI is InChI=1S/C17H26ClN3O3/c1-23-10-5-19-17(22)13-21-8-6-20(7-9-21)12-14-11-15(18)3-4-16(14)24-2/h3-4,11H,5-10,12-13H2,1-2H3,(H,19,22). The number of rotatable bonds is 8. The van der Waals surface area contributed by atoms with Gasteiger partial charge in [-0.05, 0) is 18.2 Å². The Morgan fingerprint density at radius 3 is 2.58 bits per heavy atom. The van der Waals surface area contributed by atoms with Crippen LogP contribution in [0.5, 0.6) is 5.75 Å². The molecule has 7 heteroatoms. The van der Waals surface area contributed by atoms with Crippen LogP contribution >= 0.6 is 11.6 Å². The van der Waals surface area contributed by atoms with Crippen molar-refractivity contribution in [2.45, 2.75) is 6.54 Å². The Hall–Kier alpha value is -1.34. The van der Waals surface area contributed by atoms with Crippen molar-refractivity contribution < 1.29 is 14.3 Å². The van der Waals surface area contributed by atoms with Crippen molar-refractivity contribution in [3.63, 3.8) is 0 Å². The second kappa shape index (κ2) is 9.84. The highest BCUT2D eigenvalue weighted by atomic mass is 35.5. The average Bonchev–Trinajstić information content (AvgIpc) is 2.57. The zero-order valence-electron chi connectivity index (χ0n) is 14.4. The molecule has 1 amide bonds. The lowest BCUT2D eigenvalue weighted by Crippen LogP contribution is -2.49. The number of nitrogens with one attached hydrogen (secondary N) is 1. The fraction of sp³-hybridized carbons (Fsp3) is 0.588. The summed E-state index contributed by atoms with van der Waals surface area (Å²) in [6, 6.07) is 5.69. The molecule has 6 nitrogen and oxygen atoms in total. The van der Waals surface area contributed by atoms with Crippen molar-refractivity contribution in [3.8, 4) is 5.75 Å². The smallest absolute Gasteiger partial charge is 0.234 e. The number of piperazine rings is 1. The van der Waals surface area contributed by atoms with Gasteiger partial charge in [0, 0.05) is 57.0 Å². The summed E-state index contributed by atoms with van der Waals surface area (Å²) in [7, 11) is 3.30. The quantitative estimate of drug-likeness (QED) is 0.711. The van der Waals surface area contributed by atoms with E-state index in [0.717, 1.165) is 49.1 Å². The largest absolute Gasteiger partial charge is 0.496 e. The third-order valence-corrected chi connectivity index (χ3v) is 4.33. The van der Waals surface area contributed by atoms with Gasteiger partial charge in [-0.1, -0.05) is 11.6 Å². The first-order chi connectivity index (χ1) is 11.6. The number of ether oxygens (including phenoxy) is 2. The van der Waals surface area contributed by atoms with E-state index in [4.69, 9.17) is 21.1 Å². The first kappa shape index (κ1) is 19.0. The Labute approximate surface area is 148 Å². The fourth-order valence-corrected chi connectivity index (χ4v) is 2.96. The van der Waals surface area contributed by atoms with Crippen LogP contribution in [0.3, 0.4) is 0 Å². The number of nitrogens with zero attached hydrogens (tertiary/aromatic N) is 2.